The van der Waals surface area contributed by atoms with E-state index in [0.717, 1.165) is 59.2 Å². The van der Waals surface area contributed by atoms with Crippen LogP contribution in [-0.4, -0.2) is 46.4 Å². The van der Waals surface area contributed by atoms with Gasteiger partial charge in [0.25, 0.3) is 0 Å². The van der Waals surface area contributed by atoms with Gasteiger partial charge in [-0.2, -0.15) is 0 Å². The van der Waals surface area contributed by atoms with E-state index in [9.17, 15) is 4.79 Å². The summed E-state index contributed by atoms with van der Waals surface area (Å²) >= 11 is 0. The summed E-state index contributed by atoms with van der Waals surface area (Å²) in [6.45, 7) is 0. The number of ether oxygens (including phenoxy) is 5. The first-order chi connectivity index (χ1) is 20.5. The van der Waals surface area contributed by atoms with E-state index in [1.807, 2.05) is 36.4 Å². The lowest BCUT2D eigenvalue weighted by Gasteiger charge is -2.22. The largest absolute Gasteiger partial charge is 0.493 e. The van der Waals surface area contributed by atoms with Crippen molar-refractivity contribution in [2.24, 2.45) is 0 Å². The first kappa shape index (κ1) is 31.3. The Kier molecular flexibility index (Phi) is 10.2. The van der Waals surface area contributed by atoms with Gasteiger partial charge in [-0.15, -0.1) is 12.4 Å². The summed E-state index contributed by atoms with van der Waals surface area (Å²) in [7, 11) is 7.89. The molecule has 10 heteroatoms. The minimum absolute atomic E-state index is 0. The number of fused-ring (bicyclic) bond motifs is 2. The summed E-state index contributed by atoms with van der Waals surface area (Å²) < 4.78 is 27.1. The second-order valence-corrected chi connectivity index (χ2v) is 9.83. The van der Waals surface area contributed by atoms with Gasteiger partial charge in [0.2, 0.25) is 11.7 Å². The highest BCUT2D eigenvalue weighted by molar-refractivity contribution is 6.04. The van der Waals surface area contributed by atoms with Crippen LogP contribution in [-0.2, 0) is 17.6 Å². The van der Waals surface area contributed by atoms with Gasteiger partial charge in [0.1, 0.15) is 0 Å². The van der Waals surface area contributed by atoms with Gasteiger partial charge in [-0.25, -0.2) is 0 Å². The molecule has 0 radical (unpaired) electrons. The molecule has 1 aliphatic rings. The molecule has 1 amide bonds. The van der Waals surface area contributed by atoms with E-state index in [1.165, 1.54) is 11.6 Å². The Labute approximate surface area is 257 Å². The second kappa shape index (κ2) is 14.0. The van der Waals surface area contributed by atoms with Gasteiger partial charge in [0.05, 0.1) is 46.8 Å². The highest BCUT2D eigenvalue weighted by Gasteiger charge is 2.20. The molecule has 0 saturated heterocycles. The number of halogens is 1. The third-order valence-electron chi connectivity index (χ3n) is 7.30. The number of anilines is 3. The standard InChI is InChI=1S/C33H35N3O6.ClH/c1-38-27-14-12-22(19-28(27)39-2)35-32-23-8-6-7-9-25(23)36-26-13-11-21(18-24(26)32)34-31(37)15-10-20-16-29(40-3)33(42-5)30(17-20)41-4;/h10-19H,6-9H2,1-5H3,(H,34,37)(H,35,36);1H/b15-10+;. The molecule has 0 atom stereocenters. The molecule has 4 aromatic rings. The van der Waals surface area contributed by atoms with Crippen molar-refractivity contribution in [2.45, 2.75) is 25.7 Å². The minimum atomic E-state index is -0.275. The Morgan fingerprint density at radius 1 is 0.767 bits per heavy atom. The van der Waals surface area contributed by atoms with Crippen molar-refractivity contribution in [3.63, 3.8) is 0 Å². The fourth-order valence-electron chi connectivity index (χ4n) is 5.26. The van der Waals surface area contributed by atoms with Gasteiger partial charge in [-0.1, -0.05) is 0 Å². The number of aryl methyl sites for hydroxylation is 1. The Hall–Kier alpha value is -4.63. The zero-order chi connectivity index (χ0) is 29.6. The average molecular weight is 606 g/mol. The van der Waals surface area contributed by atoms with Crippen LogP contribution in [0.1, 0.15) is 29.7 Å². The molecular formula is C33H36ClN3O6. The van der Waals surface area contributed by atoms with E-state index in [2.05, 4.69) is 10.6 Å². The topological polar surface area (TPSA) is 100 Å². The lowest BCUT2D eigenvalue weighted by Crippen LogP contribution is -2.11. The molecule has 0 saturated carbocycles. The van der Waals surface area contributed by atoms with Gasteiger partial charge < -0.3 is 34.3 Å². The van der Waals surface area contributed by atoms with E-state index >= 15 is 0 Å². The van der Waals surface area contributed by atoms with Gasteiger partial charge in [0, 0.05) is 34.6 Å². The van der Waals surface area contributed by atoms with Crippen molar-refractivity contribution in [3.8, 4) is 28.7 Å². The van der Waals surface area contributed by atoms with E-state index in [4.69, 9.17) is 28.7 Å². The predicted octanol–water partition coefficient (Wildman–Crippen LogP) is 6.97. The summed E-state index contributed by atoms with van der Waals surface area (Å²) in [5.41, 5.74) is 6.44. The predicted molar refractivity (Wildman–Crippen MR) is 172 cm³/mol. The lowest BCUT2D eigenvalue weighted by atomic mass is 9.92. The summed E-state index contributed by atoms with van der Waals surface area (Å²) in [5, 5.41) is 7.53. The number of hydrogen-bond acceptors (Lipinski definition) is 8. The van der Waals surface area contributed by atoms with Crippen LogP contribution in [0.25, 0.3) is 17.0 Å². The first-order valence-electron chi connectivity index (χ1n) is 13.7. The number of methoxy groups -OCH3 is 5. The Morgan fingerprint density at radius 3 is 2.12 bits per heavy atom. The first-order valence-corrected chi connectivity index (χ1v) is 13.7. The maximum Gasteiger partial charge on any atom is 0.248 e. The van der Waals surface area contributed by atoms with Crippen molar-refractivity contribution in [1.29, 1.82) is 0 Å². The average Bonchev–Trinajstić information content (AvgIpc) is 3.03. The smallest absolute Gasteiger partial charge is 0.248 e. The molecule has 5 rings (SSSR count). The van der Waals surface area contributed by atoms with Gasteiger partial charge in [0.15, 0.2) is 23.0 Å². The second-order valence-electron chi connectivity index (χ2n) is 9.83. The van der Waals surface area contributed by atoms with Crippen molar-refractivity contribution in [1.82, 2.24) is 4.98 Å². The number of carbonyl (C=O) groups excluding carboxylic acids is 1. The molecule has 0 aliphatic heterocycles. The van der Waals surface area contributed by atoms with Crippen LogP contribution in [0.15, 0.2) is 54.6 Å². The number of pyridine rings is 1. The van der Waals surface area contributed by atoms with Crippen LogP contribution in [0.5, 0.6) is 28.7 Å². The molecule has 43 heavy (non-hydrogen) atoms. The van der Waals surface area contributed by atoms with Crippen LogP contribution < -0.4 is 34.3 Å². The number of nitrogens with zero attached hydrogens (tertiary/aromatic N) is 1. The van der Waals surface area contributed by atoms with Crippen molar-refractivity contribution >= 4 is 52.4 Å². The molecule has 2 N–H and O–H groups in total. The van der Waals surface area contributed by atoms with Crippen molar-refractivity contribution < 1.29 is 28.5 Å². The van der Waals surface area contributed by atoms with Crippen LogP contribution in [0, 0.1) is 0 Å². The molecule has 1 aliphatic carbocycles. The van der Waals surface area contributed by atoms with E-state index in [1.54, 1.807) is 53.8 Å². The fraction of sp³-hybridized carbons (Fsp3) is 0.273. The van der Waals surface area contributed by atoms with E-state index in [-0.39, 0.29) is 18.3 Å². The third kappa shape index (κ3) is 6.73. The Morgan fingerprint density at radius 2 is 1.44 bits per heavy atom. The molecular weight excluding hydrogens is 570 g/mol. The molecule has 0 unspecified atom stereocenters. The normalized spacial score (nSPS) is 12.2. The fourth-order valence-corrected chi connectivity index (χ4v) is 5.26. The quantitative estimate of drug-likeness (QED) is 0.187. The van der Waals surface area contributed by atoms with Crippen LogP contribution in [0.2, 0.25) is 0 Å². The summed E-state index contributed by atoms with van der Waals surface area (Å²) in [6, 6.07) is 15.1. The van der Waals surface area contributed by atoms with Gasteiger partial charge in [-0.05, 0) is 85.4 Å². The number of amides is 1. The number of rotatable bonds is 10. The molecule has 3 aromatic carbocycles. The summed E-state index contributed by atoms with van der Waals surface area (Å²) in [4.78, 5) is 17.9. The Bertz CT molecular complexity index is 1630. The number of nitrogens with one attached hydrogen (secondary N) is 2. The molecule has 0 fully saturated rings. The zero-order valence-corrected chi connectivity index (χ0v) is 25.7. The lowest BCUT2D eigenvalue weighted by molar-refractivity contribution is -0.111. The van der Waals surface area contributed by atoms with Crippen LogP contribution in [0.3, 0.4) is 0 Å². The molecule has 1 aromatic heterocycles. The number of hydrogen-bond donors (Lipinski definition) is 2. The highest BCUT2D eigenvalue weighted by atomic mass is 35.5. The van der Waals surface area contributed by atoms with Crippen molar-refractivity contribution in [2.75, 3.05) is 46.2 Å². The molecule has 226 valence electrons. The summed E-state index contributed by atoms with van der Waals surface area (Å²) in [5.74, 6) is 2.54. The zero-order valence-electron chi connectivity index (χ0n) is 24.9. The maximum absolute atomic E-state index is 13.0. The molecule has 9 nitrogen and oxygen atoms in total. The Balaban J connectivity index is 0.00000423. The maximum atomic E-state index is 13.0. The summed E-state index contributed by atoms with van der Waals surface area (Å²) in [6.07, 6.45) is 7.26. The minimum Gasteiger partial charge on any atom is -0.493 e. The number of aromatic nitrogens is 1. The van der Waals surface area contributed by atoms with E-state index in [0.29, 0.717) is 34.4 Å². The SMILES string of the molecule is COc1ccc(Nc2c3c(nc4ccc(NC(=O)/C=C/c5cc(OC)c(OC)c(OC)c5)cc24)CCCC3)cc1OC.Cl. The highest BCUT2D eigenvalue weighted by Crippen LogP contribution is 2.40. The number of benzene rings is 3. The van der Waals surface area contributed by atoms with Gasteiger partial charge in [-0.3, -0.25) is 9.78 Å². The van der Waals surface area contributed by atoms with E-state index < -0.39 is 0 Å². The number of carbonyl (C=O) groups is 1. The third-order valence-corrected chi connectivity index (χ3v) is 7.30. The molecule has 0 bridgehead atoms. The van der Waals surface area contributed by atoms with Crippen LogP contribution >= 0.6 is 12.4 Å². The molecule has 1 heterocycles. The monoisotopic (exact) mass is 605 g/mol. The van der Waals surface area contributed by atoms with Gasteiger partial charge >= 0.3 is 0 Å². The van der Waals surface area contributed by atoms with Crippen molar-refractivity contribution in [3.05, 3.63) is 71.4 Å². The molecule has 0 spiro atoms. The van der Waals surface area contributed by atoms with Crippen LogP contribution in [0.4, 0.5) is 17.1 Å².